The van der Waals surface area contributed by atoms with Gasteiger partial charge in [0.1, 0.15) is 17.7 Å². The van der Waals surface area contributed by atoms with Gasteiger partial charge < -0.3 is 34.8 Å². The molecule has 0 saturated carbocycles. The van der Waals surface area contributed by atoms with Crippen molar-refractivity contribution in [1.29, 1.82) is 5.26 Å². The first-order valence-electron chi connectivity index (χ1n) is 22.6. The van der Waals surface area contributed by atoms with Crippen molar-refractivity contribution in [3.8, 4) is 6.07 Å². The van der Waals surface area contributed by atoms with Crippen LogP contribution in [-0.4, -0.2) is 99.2 Å². The maximum atomic E-state index is 15.0. The Labute approximate surface area is 386 Å². The Kier molecular flexibility index (Phi) is 18.9. The number of nitrogens with one attached hydrogen (secondary N) is 4. The van der Waals surface area contributed by atoms with Crippen LogP contribution in [0.2, 0.25) is 18.1 Å². The summed E-state index contributed by atoms with van der Waals surface area (Å²) < 4.78 is 18.3. The molecule has 0 bridgehead atoms. The number of hydrogen-bond donors (Lipinski definition) is 4. The van der Waals surface area contributed by atoms with Gasteiger partial charge in [0.15, 0.2) is 8.32 Å². The van der Waals surface area contributed by atoms with Gasteiger partial charge in [-0.2, -0.15) is 5.26 Å². The number of imide groups is 1. The first-order chi connectivity index (χ1) is 30.6. The zero-order valence-electron chi connectivity index (χ0n) is 39.9. The standard InChI is InChI=1S/C50H70N6O8Si/c1-34(2)43(46(59)52-41(30-36-21-15-12-16-22-36)45(58)55-47(60)56-25-27-62-28-26-56)54-44(57)39(31-37-23-17-18-24-38(37)33-51)32-42(64-65(9,10)50(6,7)8)40(29-35-19-13-11-14-20-35)53-48(61)63-49(3,4)5/h11-24,34,39-43H,25-32H2,1-10H3,(H,52,59)(H,53,61)(H,54,57)(H,55,58,60). The van der Waals surface area contributed by atoms with E-state index in [1.165, 1.54) is 4.90 Å². The van der Waals surface area contributed by atoms with Crippen molar-refractivity contribution >= 4 is 38.2 Å². The number of nitriles is 1. The fourth-order valence-corrected chi connectivity index (χ4v) is 8.62. The van der Waals surface area contributed by atoms with Gasteiger partial charge in [0, 0.05) is 25.4 Å². The topological polar surface area (TPSA) is 188 Å². The summed E-state index contributed by atoms with van der Waals surface area (Å²) in [4.78, 5) is 71.5. The molecular weight excluding hydrogens is 841 g/mol. The molecule has 1 aliphatic rings. The lowest BCUT2D eigenvalue weighted by Gasteiger charge is -2.42. The number of rotatable bonds is 18. The third-order valence-electron chi connectivity index (χ3n) is 11.9. The van der Waals surface area contributed by atoms with Crippen molar-refractivity contribution in [2.45, 2.75) is 129 Å². The SMILES string of the molecule is CC(C)C(NC(=O)C(Cc1ccccc1C#N)CC(O[Si](C)(C)C(C)(C)C)C(Cc1ccccc1)NC(=O)OC(C)(C)C)C(=O)NC(Cc1ccccc1)C(=O)NC(=O)N1CCOCC1. The summed E-state index contributed by atoms with van der Waals surface area (Å²) in [7, 11) is -2.62. The highest BCUT2D eigenvalue weighted by Gasteiger charge is 2.43. The highest BCUT2D eigenvalue weighted by molar-refractivity contribution is 6.74. The van der Waals surface area contributed by atoms with Crippen molar-refractivity contribution in [3.05, 3.63) is 107 Å². The van der Waals surface area contributed by atoms with Crippen LogP contribution in [0.1, 0.15) is 84.1 Å². The maximum Gasteiger partial charge on any atom is 0.407 e. The third kappa shape index (κ3) is 16.4. The monoisotopic (exact) mass is 911 g/mol. The minimum Gasteiger partial charge on any atom is -0.444 e. The van der Waals surface area contributed by atoms with Gasteiger partial charge >= 0.3 is 12.1 Å². The van der Waals surface area contributed by atoms with Gasteiger partial charge in [-0.05, 0) is 86.8 Å². The maximum absolute atomic E-state index is 15.0. The molecule has 5 atom stereocenters. The van der Waals surface area contributed by atoms with E-state index in [0.29, 0.717) is 43.9 Å². The molecule has 3 aromatic rings. The van der Waals surface area contributed by atoms with Crippen molar-refractivity contribution in [3.63, 3.8) is 0 Å². The number of ether oxygens (including phenoxy) is 2. The molecule has 1 aliphatic heterocycles. The highest BCUT2D eigenvalue weighted by atomic mass is 28.4. The summed E-state index contributed by atoms with van der Waals surface area (Å²) in [6.07, 6.45) is -0.703. The number of benzene rings is 3. The second kappa shape index (κ2) is 23.6. The Morgan fingerprint density at radius 1 is 0.754 bits per heavy atom. The van der Waals surface area contributed by atoms with Crippen molar-refractivity contribution in [2.24, 2.45) is 11.8 Å². The molecular formula is C50H70N6O8Si. The number of urea groups is 1. The summed E-state index contributed by atoms with van der Waals surface area (Å²) in [6, 6.07) is 24.6. The van der Waals surface area contributed by atoms with Crippen LogP contribution in [0.25, 0.3) is 0 Å². The summed E-state index contributed by atoms with van der Waals surface area (Å²) in [5, 5.41) is 21.3. The second-order valence-corrected chi connectivity index (χ2v) is 24.4. The van der Waals surface area contributed by atoms with Gasteiger partial charge in [-0.3, -0.25) is 19.7 Å². The lowest BCUT2D eigenvalue weighted by atomic mass is 9.87. The Morgan fingerprint density at radius 2 is 1.32 bits per heavy atom. The molecule has 15 heteroatoms. The van der Waals surface area contributed by atoms with Gasteiger partial charge in [-0.15, -0.1) is 0 Å². The predicted octanol–water partition coefficient (Wildman–Crippen LogP) is 7.07. The minimum atomic E-state index is -2.62. The fraction of sp³-hybridized carbons (Fsp3) is 0.520. The van der Waals surface area contributed by atoms with Gasteiger partial charge in [0.25, 0.3) is 5.91 Å². The number of morpholine rings is 1. The molecule has 65 heavy (non-hydrogen) atoms. The molecule has 4 rings (SSSR count). The number of nitrogens with zero attached hydrogens (tertiary/aromatic N) is 2. The van der Waals surface area contributed by atoms with Crippen LogP contribution in [0, 0.1) is 23.2 Å². The van der Waals surface area contributed by atoms with Gasteiger partial charge in [0.2, 0.25) is 11.8 Å². The van der Waals surface area contributed by atoms with E-state index in [-0.39, 0.29) is 24.3 Å². The predicted molar refractivity (Wildman–Crippen MR) is 253 cm³/mol. The fourth-order valence-electron chi connectivity index (χ4n) is 7.25. The Balaban J connectivity index is 1.73. The number of carbonyl (C=O) groups excluding carboxylic acids is 5. The molecule has 14 nitrogen and oxygen atoms in total. The average Bonchev–Trinajstić information content (AvgIpc) is 3.24. The van der Waals surface area contributed by atoms with E-state index in [1.54, 1.807) is 52.8 Å². The van der Waals surface area contributed by atoms with Crippen LogP contribution in [0.4, 0.5) is 9.59 Å². The molecule has 1 fully saturated rings. The van der Waals surface area contributed by atoms with E-state index in [0.717, 1.165) is 11.1 Å². The summed E-state index contributed by atoms with van der Waals surface area (Å²) in [5.41, 5.74) is 1.94. The molecule has 0 radical (unpaired) electrons. The van der Waals surface area contributed by atoms with Crippen LogP contribution >= 0.6 is 0 Å². The zero-order chi connectivity index (χ0) is 48.0. The number of alkyl carbamates (subject to hydrolysis) is 1. The molecule has 3 aromatic carbocycles. The number of amides is 6. The normalized spacial score (nSPS) is 15.6. The molecule has 4 N–H and O–H groups in total. The second-order valence-electron chi connectivity index (χ2n) is 19.6. The average molecular weight is 911 g/mol. The molecule has 0 aromatic heterocycles. The van der Waals surface area contributed by atoms with Gasteiger partial charge in [-0.25, -0.2) is 9.59 Å². The minimum absolute atomic E-state index is 0.0844. The molecule has 1 heterocycles. The van der Waals surface area contributed by atoms with Crippen molar-refractivity contribution < 1.29 is 37.9 Å². The molecule has 0 aliphatic carbocycles. The summed E-state index contributed by atoms with van der Waals surface area (Å²) in [6.45, 7) is 20.9. The Hall–Kier alpha value is -5.56. The van der Waals surface area contributed by atoms with E-state index in [4.69, 9.17) is 13.9 Å². The van der Waals surface area contributed by atoms with E-state index >= 15 is 4.79 Å². The molecule has 6 amide bonds. The van der Waals surface area contributed by atoms with E-state index < -0.39 is 79.8 Å². The van der Waals surface area contributed by atoms with Crippen molar-refractivity contribution in [1.82, 2.24) is 26.2 Å². The van der Waals surface area contributed by atoms with Crippen LogP contribution in [0.15, 0.2) is 84.9 Å². The number of hydrogen-bond acceptors (Lipinski definition) is 9. The first-order valence-corrected chi connectivity index (χ1v) is 25.5. The van der Waals surface area contributed by atoms with E-state index in [2.05, 4.69) is 61.2 Å². The first kappa shape index (κ1) is 52.1. The van der Waals surface area contributed by atoms with E-state index in [1.807, 2.05) is 66.7 Å². The molecule has 352 valence electrons. The third-order valence-corrected chi connectivity index (χ3v) is 16.4. The summed E-state index contributed by atoms with van der Waals surface area (Å²) >= 11 is 0. The van der Waals surface area contributed by atoms with Gasteiger partial charge in [-0.1, -0.05) is 113 Å². The highest BCUT2D eigenvalue weighted by Crippen LogP contribution is 2.39. The van der Waals surface area contributed by atoms with Gasteiger partial charge in [0.05, 0.1) is 37.0 Å². The molecule has 5 unspecified atom stereocenters. The van der Waals surface area contributed by atoms with Crippen LogP contribution in [-0.2, 0) is 47.5 Å². The molecule has 0 spiro atoms. The molecule has 1 saturated heterocycles. The van der Waals surface area contributed by atoms with Crippen LogP contribution in [0.5, 0.6) is 0 Å². The largest absolute Gasteiger partial charge is 0.444 e. The number of carbonyl (C=O) groups is 5. The quantitative estimate of drug-likeness (QED) is 0.0969. The Bertz CT molecular complexity index is 2090. The Morgan fingerprint density at radius 3 is 1.88 bits per heavy atom. The van der Waals surface area contributed by atoms with Crippen molar-refractivity contribution in [2.75, 3.05) is 26.3 Å². The van der Waals surface area contributed by atoms with Crippen LogP contribution < -0.4 is 21.3 Å². The lowest BCUT2D eigenvalue weighted by Crippen LogP contribution is -2.59. The summed E-state index contributed by atoms with van der Waals surface area (Å²) in [5.74, 6) is -3.09. The smallest absolute Gasteiger partial charge is 0.407 e. The zero-order valence-corrected chi connectivity index (χ0v) is 40.9. The van der Waals surface area contributed by atoms with E-state index in [9.17, 15) is 24.4 Å². The lowest BCUT2D eigenvalue weighted by molar-refractivity contribution is -0.134. The van der Waals surface area contributed by atoms with Crippen LogP contribution in [0.3, 0.4) is 0 Å².